The van der Waals surface area contributed by atoms with Crippen LogP contribution in [0.5, 0.6) is 0 Å². The van der Waals surface area contributed by atoms with Crippen LogP contribution in [0.3, 0.4) is 0 Å². The SMILES string of the molecule is N#Cc1ccccc1-c1ccc(C(=O)CCCCCCCCN)c(CCCCc2cccc(F)c2)c1. The van der Waals surface area contributed by atoms with Crippen molar-refractivity contribution in [2.75, 3.05) is 6.54 Å². The summed E-state index contributed by atoms with van der Waals surface area (Å²) in [4.78, 5) is 13.2. The normalized spacial score (nSPS) is 10.8. The predicted octanol–water partition coefficient (Wildman–Crippen LogP) is 7.80. The Morgan fingerprint density at radius 1 is 0.806 bits per heavy atom. The molecule has 3 rings (SSSR count). The smallest absolute Gasteiger partial charge is 0.163 e. The molecule has 0 radical (unpaired) electrons. The van der Waals surface area contributed by atoms with E-state index in [4.69, 9.17) is 5.73 Å². The second kappa shape index (κ2) is 15.0. The Bertz CT molecular complexity index is 1160. The first-order valence-corrected chi connectivity index (χ1v) is 13.2. The van der Waals surface area contributed by atoms with Gasteiger partial charge in [-0.05, 0) is 85.5 Å². The van der Waals surface area contributed by atoms with Crippen molar-refractivity contribution in [3.05, 3.63) is 94.8 Å². The lowest BCUT2D eigenvalue weighted by atomic mass is 9.91. The number of nitriles is 1. The van der Waals surface area contributed by atoms with Crippen molar-refractivity contribution in [1.29, 1.82) is 5.26 Å². The first kappa shape index (κ1) is 27.3. The molecule has 0 saturated heterocycles. The number of halogens is 1. The Morgan fingerprint density at radius 2 is 1.56 bits per heavy atom. The lowest BCUT2D eigenvalue weighted by molar-refractivity contribution is 0.0978. The lowest BCUT2D eigenvalue weighted by Gasteiger charge is -2.13. The molecule has 0 fully saturated rings. The van der Waals surface area contributed by atoms with Gasteiger partial charge in [0.1, 0.15) is 5.82 Å². The van der Waals surface area contributed by atoms with Gasteiger partial charge in [0.05, 0.1) is 11.6 Å². The maximum absolute atomic E-state index is 13.5. The van der Waals surface area contributed by atoms with Gasteiger partial charge in [0.2, 0.25) is 0 Å². The molecule has 4 heteroatoms. The van der Waals surface area contributed by atoms with Crippen molar-refractivity contribution in [1.82, 2.24) is 0 Å². The highest BCUT2D eigenvalue weighted by Crippen LogP contribution is 2.28. The zero-order valence-corrected chi connectivity index (χ0v) is 21.1. The zero-order chi connectivity index (χ0) is 25.6. The van der Waals surface area contributed by atoms with E-state index in [1.165, 1.54) is 12.5 Å². The van der Waals surface area contributed by atoms with E-state index in [0.717, 1.165) is 92.1 Å². The number of Topliss-reactive ketones (excluding diaryl/α,β-unsaturated/α-hetero) is 1. The van der Waals surface area contributed by atoms with Crippen LogP contribution >= 0.6 is 0 Å². The fraction of sp³-hybridized carbons (Fsp3) is 0.375. The van der Waals surface area contributed by atoms with E-state index < -0.39 is 0 Å². The van der Waals surface area contributed by atoms with Crippen LogP contribution in [0.2, 0.25) is 0 Å². The van der Waals surface area contributed by atoms with Crippen molar-refractivity contribution < 1.29 is 9.18 Å². The quantitative estimate of drug-likeness (QED) is 0.177. The van der Waals surface area contributed by atoms with E-state index in [-0.39, 0.29) is 11.6 Å². The molecule has 188 valence electrons. The number of benzene rings is 3. The second-order valence-electron chi connectivity index (χ2n) is 9.45. The third-order valence-corrected chi connectivity index (χ3v) is 6.67. The van der Waals surface area contributed by atoms with Crippen molar-refractivity contribution in [3.63, 3.8) is 0 Å². The number of aryl methyl sites for hydroxylation is 2. The molecule has 2 N–H and O–H groups in total. The molecule has 0 aliphatic heterocycles. The summed E-state index contributed by atoms with van der Waals surface area (Å²) in [6.07, 6.45) is 10.5. The number of nitrogens with two attached hydrogens (primary N) is 1. The molecule has 0 aliphatic carbocycles. The number of rotatable bonds is 15. The van der Waals surface area contributed by atoms with Crippen LogP contribution in [-0.2, 0) is 12.8 Å². The highest BCUT2D eigenvalue weighted by Gasteiger charge is 2.14. The van der Waals surface area contributed by atoms with Crippen molar-refractivity contribution in [3.8, 4) is 17.2 Å². The van der Waals surface area contributed by atoms with Crippen molar-refractivity contribution in [2.24, 2.45) is 5.73 Å². The molecule has 0 aliphatic rings. The molecular weight excluding hydrogens is 447 g/mol. The third kappa shape index (κ3) is 8.43. The highest BCUT2D eigenvalue weighted by atomic mass is 19.1. The number of ketones is 1. The van der Waals surface area contributed by atoms with Gasteiger partial charge in [0.15, 0.2) is 5.78 Å². The standard InChI is InChI=1S/C32H37FN2O/c33-29-16-11-13-25(22-29)12-6-7-14-26-23-27(30-17-9-8-15-28(30)24-35)19-20-31(26)32(36)18-5-3-1-2-4-10-21-34/h8-9,11,13,15-17,19-20,22-23H,1-7,10,12,14,18,21,34H2. The minimum absolute atomic E-state index is 0.192. The Labute approximate surface area is 215 Å². The largest absolute Gasteiger partial charge is 0.330 e. The van der Waals surface area contributed by atoms with Gasteiger partial charge in [0.25, 0.3) is 0 Å². The van der Waals surface area contributed by atoms with E-state index >= 15 is 0 Å². The summed E-state index contributed by atoms with van der Waals surface area (Å²) in [5.74, 6) is -0.0131. The Morgan fingerprint density at radius 3 is 2.33 bits per heavy atom. The average molecular weight is 485 g/mol. The van der Waals surface area contributed by atoms with Crippen LogP contribution in [0.1, 0.15) is 84.8 Å². The minimum Gasteiger partial charge on any atom is -0.330 e. The van der Waals surface area contributed by atoms with Crippen molar-refractivity contribution in [2.45, 2.75) is 70.6 Å². The van der Waals surface area contributed by atoms with Crippen LogP contribution in [0.25, 0.3) is 11.1 Å². The van der Waals surface area contributed by atoms with E-state index in [2.05, 4.69) is 12.1 Å². The molecule has 3 aromatic carbocycles. The molecule has 3 aromatic rings. The number of nitrogens with zero attached hydrogens (tertiary/aromatic N) is 1. The summed E-state index contributed by atoms with van der Waals surface area (Å²) in [5.41, 5.74) is 10.9. The van der Waals surface area contributed by atoms with Crippen LogP contribution in [0.15, 0.2) is 66.7 Å². The van der Waals surface area contributed by atoms with Gasteiger partial charge in [-0.15, -0.1) is 0 Å². The summed E-state index contributed by atoms with van der Waals surface area (Å²) >= 11 is 0. The monoisotopic (exact) mass is 484 g/mol. The van der Waals surface area contributed by atoms with Gasteiger partial charge < -0.3 is 5.73 Å². The number of hydrogen-bond acceptors (Lipinski definition) is 3. The molecule has 0 spiro atoms. The summed E-state index contributed by atoms with van der Waals surface area (Å²) in [5, 5.41) is 9.54. The summed E-state index contributed by atoms with van der Waals surface area (Å²) < 4.78 is 13.5. The molecular formula is C32H37FN2O. The third-order valence-electron chi connectivity index (χ3n) is 6.67. The molecule has 0 bridgehead atoms. The summed E-state index contributed by atoms with van der Waals surface area (Å²) in [6.45, 7) is 0.748. The molecule has 36 heavy (non-hydrogen) atoms. The van der Waals surface area contributed by atoms with Crippen LogP contribution < -0.4 is 5.73 Å². The Hall–Kier alpha value is -3.29. The second-order valence-corrected chi connectivity index (χ2v) is 9.45. The predicted molar refractivity (Wildman–Crippen MR) is 145 cm³/mol. The summed E-state index contributed by atoms with van der Waals surface area (Å²) in [6, 6.07) is 22.6. The molecule has 0 amide bonds. The molecule has 0 saturated carbocycles. The minimum atomic E-state index is -0.205. The summed E-state index contributed by atoms with van der Waals surface area (Å²) in [7, 11) is 0. The van der Waals surface area contributed by atoms with Crippen LogP contribution in [-0.4, -0.2) is 12.3 Å². The van der Waals surface area contributed by atoms with Crippen molar-refractivity contribution >= 4 is 5.78 Å². The fourth-order valence-corrected chi connectivity index (χ4v) is 4.68. The molecule has 0 heterocycles. The first-order valence-electron chi connectivity index (χ1n) is 13.2. The average Bonchev–Trinajstić information content (AvgIpc) is 2.90. The van der Waals surface area contributed by atoms with Crippen LogP contribution in [0.4, 0.5) is 4.39 Å². The van der Waals surface area contributed by atoms with Gasteiger partial charge in [-0.25, -0.2) is 4.39 Å². The fourth-order valence-electron chi connectivity index (χ4n) is 4.68. The van der Waals surface area contributed by atoms with Gasteiger partial charge in [0, 0.05) is 12.0 Å². The number of unbranched alkanes of at least 4 members (excludes halogenated alkanes) is 6. The molecule has 0 atom stereocenters. The molecule has 0 unspecified atom stereocenters. The van der Waals surface area contributed by atoms with E-state index in [0.29, 0.717) is 12.0 Å². The van der Waals surface area contributed by atoms with E-state index in [1.54, 1.807) is 12.1 Å². The maximum Gasteiger partial charge on any atom is 0.163 e. The molecule has 0 aromatic heterocycles. The molecule has 3 nitrogen and oxygen atoms in total. The Balaban J connectivity index is 1.68. The van der Waals surface area contributed by atoms with E-state index in [9.17, 15) is 14.4 Å². The topological polar surface area (TPSA) is 66.9 Å². The first-order chi connectivity index (χ1) is 17.6. The van der Waals surface area contributed by atoms with Crippen LogP contribution in [0, 0.1) is 17.1 Å². The number of carbonyl (C=O) groups is 1. The van der Waals surface area contributed by atoms with Gasteiger partial charge in [-0.3, -0.25) is 4.79 Å². The zero-order valence-electron chi connectivity index (χ0n) is 21.1. The maximum atomic E-state index is 13.5. The Kier molecular flexibility index (Phi) is 11.3. The lowest BCUT2D eigenvalue weighted by Crippen LogP contribution is -2.05. The number of hydrogen-bond donors (Lipinski definition) is 1. The van der Waals surface area contributed by atoms with Gasteiger partial charge in [-0.2, -0.15) is 5.26 Å². The highest BCUT2D eigenvalue weighted by molar-refractivity contribution is 5.98. The van der Waals surface area contributed by atoms with Gasteiger partial charge >= 0.3 is 0 Å². The number of carbonyl (C=O) groups excluding carboxylic acids is 1. The van der Waals surface area contributed by atoms with E-state index in [1.807, 2.05) is 42.5 Å². The van der Waals surface area contributed by atoms with Gasteiger partial charge in [-0.1, -0.05) is 74.2 Å².